The molecule has 316 valence electrons. The van der Waals surface area contributed by atoms with Crippen LogP contribution in [0, 0.1) is 20.8 Å². The molecule has 0 saturated heterocycles. The van der Waals surface area contributed by atoms with E-state index in [4.69, 9.17) is 9.72 Å². The summed E-state index contributed by atoms with van der Waals surface area (Å²) in [6.07, 6.45) is 4.19. The van der Waals surface area contributed by atoms with Crippen molar-refractivity contribution in [2.45, 2.75) is 99.3 Å². The summed E-state index contributed by atoms with van der Waals surface area (Å²) in [6, 6.07) is 48.6. The molecule has 6 heteroatoms. The minimum Gasteiger partial charge on any atom is -0.457 e. The quantitative estimate of drug-likeness (QED) is 0.124. The molecule has 6 aromatic carbocycles. The van der Waals surface area contributed by atoms with Gasteiger partial charge in [-0.3, -0.25) is 4.90 Å². The second-order valence-electron chi connectivity index (χ2n) is 20.7. The van der Waals surface area contributed by atoms with Crippen molar-refractivity contribution < 1.29 is 9.30 Å². The number of aromatic nitrogens is 3. The number of para-hydroxylation sites is 3. The third-order valence-corrected chi connectivity index (χ3v) is 12.8. The first-order valence-electron chi connectivity index (χ1n) is 22.4. The van der Waals surface area contributed by atoms with E-state index in [0.29, 0.717) is 0 Å². The van der Waals surface area contributed by atoms with Crippen molar-refractivity contribution in [3.8, 4) is 22.9 Å². The molecule has 0 fully saturated rings. The first-order valence-corrected chi connectivity index (χ1v) is 22.4. The topological polar surface area (TPSA) is 34.2 Å². The van der Waals surface area contributed by atoms with Gasteiger partial charge in [-0.2, -0.15) is 9.13 Å². The van der Waals surface area contributed by atoms with Crippen molar-refractivity contribution in [2.24, 2.45) is 0 Å². The summed E-state index contributed by atoms with van der Waals surface area (Å²) in [5.41, 5.74) is 18.2. The number of anilines is 3. The summed E-state index contributed by atoms with van der Waals surface area (Å²) < 4.78 is 11.6. The highest BCUT2D eigenvalue weighted by Gasteiger charge is 2.38. The maximum Gasteiger partial charge on any atom is 0.255 e. The Bertz CT molecular complexity index is 3020. The van der Waals surface area contributed by atoms with Crippen LogP contribution in [0.25, 0.3) is 22.4 Å². The van der Waals surface area contributed by atoms with Crippen molar-refractivity contribution in [2.75, 3.05) is 4.90 Å². The van der Waals surface area contributed by atoms with Gasteiger partial charge < -0.3 is 4.74 Å². The third-order valence-electron chi connectivity index (χ3n) is 12.8. The van der Waals surface area contributed by atoms with E-state index in [1.165, 1.54) is 55.5 Å². The van der Waals surface area contributed by atoms with Crippen LogP contribution < -0.4 is 30.6 Å². The summed E-state index contributed by atoms with van der Waals surface area (Å²) in [7, 11) is 0. The standard InChI is InChI=1S/C57H60BN4O/c1-37-30-38(2)54(39(3)31-37)58-46-20-13-14-21-48(46)62(53-33-41(28-29-59-53)56(7,8)9)52-35-44(25-27-47(52)58)63-43-19-17-18-42(34-43)60-36-61(50-23-16-15-22-49(50)60)51-32-40(55(4,5)6)24-26-45(51)57(10,11)12/h13-36H,1-12H3/q+1. The van der Waals surface area contributed by atoms with Crippen LogP contribution in [0.4, 0.5) is 17.2 Å². The minimum absolute atomic E-state index is 0.0132. The van der Waals surface area contributed by atoms with Crippen LogP contribution in [-0.2, 0) is 16.2 Å². The van der Waals surface area contributed by atoms with Crippen molar-refractivity contribution in [3.63, 3.8) is 0 Å². The van der Waals surface area contributed by atoms with E-state index in [1.54, 1.807) is 0 Å². The van der Waals surface area contributed by atoms with Crippen LogP contribution in [0.3, 0.4) is 0 Å². The Morgan fingerprint density at radius 3 is 1.97 bits per heavy atom. The molecule has 0 saturated carbocycles. The summed E-state index contributed by atoms with van der Waals surface area (Å²) in [6.45, 7) is 27.2. The van der Waals surface area contributed by atoms with Gasteiger partial charge in [-0.25, -0.2) is 4.98 Å². The van der Waals surface area contributed by atoms with E-state index in [0.717, 1.165) is 45.4 Å². The van der Waals surface area contributed by atoms with Crippen LogP contribution in [0.15, 0.2) is 146 Å². The Labute approximate surface area is 375 Å². The van der Waals surface area contributed by atoms with Crippen molar-refractivity contribution in [1.82, 2.24) is 9.55 Å². The highest BCUT2D eigenvalue weighted by Crippen LogP contribution is 2.40. The lowest BCUT2D eigenvalue weighted by atomic mass is 9.34. The van der Waals surface area contributed by atoms with Crippen LogP contribution >= 0.6 is 0 Å². The molecule has 0 amide bonds. The van der Waals surface area contributed by atoms with Crippen molar-refractivity contribution >= 4 is 51.3 Å². The van der Waals surface area contributed by atoms with Gasteiger partial charge in [0.2, 0.25) is 6.71 Å². The first-order chi connectivity index (χ1) is 29.9. The Morgan fingerprint density at radius 1 is 0.571 bits per heavy atom. The van der Waals surface area contributed by atoms with Gasteiger partial charge in [0, 0.05) is 35.3 Å². The van der Waals surface area contributed by atoms with Gasteiger partial charge >= 0.3 is 0 Å². The molecule has 63 heavy (non-hydrogen) atoms. The van der Waals surface area contributed by atoms with Crippen LogP contribution in [-0.4, -0.2) is 16.3 Å². The fourth-order valence-corrected chi connectivity index (χ4v) is 9.64. The normalized spacial score (nSPS) is 13.0. The zero-order chi connectivity index (χ0) is 44.6. The summed E-state index contributed by atoms with van der Waals surface area (Å²) >= 11 is 0. The number of aryl methyl sites for hydroxylation is 3. The Hall–Kier alpha value is -6.40. The molecule has 0 bridgehead atoms. The van der Waals surface area contributed by atoms with Gasteiger partial charge in [0.15, 0.2) is 11.0 Å². The maximum absolute atomic E-state index is 6.91. The molecule has 0 N–H and O–H groups in total. The molecule has 1 aliphatic heterocycles. The molecule has 0 radical (unpaired) electrons. The summed E-state index contributed by atoms with van der Waals surface area (Å²) in [5.74, 6) is 2.42. The number of imidazole rings is 1. The highest BCUT2D eigenvalue weighted by molar-refractivity contribution is 6.98. The first kappa shape index (κ1) is 41.9. The lowest BCUT2D eigenvalue weighted by Gasteiger charge is -2.37. The number of hydrogen-bond acceptors (Lipinski definition) is 3. The van der Waals surface area contributed by atoms with Crippen LogP contribution in [0.5, 0.6) is 11.5 Å². The predicted octanol–water partition coefficient (Wildman–Crippen LogP) is 12.2. The zero-order valence-corrected chi connectivity index (χ0v) is 39.1. The summed E-state index contributed by atoms with van der Waals surface area (Å²) in [4.78, 5) is 7.38. The molecule has 2 aromatic heterocycles. The Kier molecular flexibility index (Phi) is 10.3. The van der Waals surface area contributed by atoms with Crippen LogP contribution in [0.1, 0.15) is 95.7 Å². The lowest BCUT2D eigenvalue weighted by molar-refractivity contribution is -0.568. The average Bonchev–Trinajstić information content (AvgIpc) is 3.62. The molecule has 0 aliphatic carbocycles. The van der Waals surface area contributed by atoms with Crippen molar-refractivity contribution in [1.29, 1.82) is 0 Å². The number of benzene rings is 6. The zero-order valence-electron chi connectivity index (χ0n) is 39.1. The molecule has 0 atom stereocenters. The van der Waals surface area contributed by atoms with Gasteiger partial charge in [0.1, 0.15) is 28.7 Å². The van der Waals surface area contributed by atoms with Crippen molar-refractivity contribution in [3.05, 3.63) is 179 Å². The SMILES string of the molecule is Cc1cc(C)c(B2c3ccccc3N(c3cc(C(C)(C)C)ccn3)c3cc(Oc4cccc(-n5c[n+](-c6cc(C(C)(C)C)ccc6C(C)(C)C)c6ccccc65)c4)ccc32)c(C)c1. The van der Waals surface area contributed by atoms with Gasteiger partial charge in [-0.1, -0.05) is 151 Å². The molecule has 3 heterocycles. The molecule has 9 rings (SSSR count). The van der Waals surface area contributed by atoms with Gasteiger partial charge in [-0.15, -0.1) is 0 Å². The van der Waals surface area contributed by atoms with Gasteiger partial charge in [0.05, 0.1) is 0 Å². The molecule has 5 nitrogen and oxygen atoms in total. The number of pyridine rings is 1. The minimum atomic E-state index is -0.0501. The van der Waals surface area contributed by atoms with E-state index in [1.807, 2.05) is 6.20 Å². The summed E-state index contributed by atoms with van der Waals surface area (Å²) in [5, 5.41) is 0. The van der Waals surface area contributed by atoms with E-state index in [9.17, 15) is 0 Å². The monoisotopic (exact) mass is 827 g/mol. The number of ether oxygens (including phenoxy) is 1. The van der Waals surface area contributed by atoms with E-state index in [-0.39, 0.29) is 23.0 Å². The lowest BCUT2D eigenvalue weighted by Crippen LogP contribution is -2.58. The average molecular weight is 828 g/mol. The van der Waals surface area contributed by atoms with Crippen LogP contribution in [0.2, 0.25) is 0 Å². The fraction of sp³-hybridized carbons (Fsp3) is 0.263. The molecule has 1 aliphatic rings. The van der Waals surface area contributed by atoms with E-state index in [2.05, 4.69) is 237 Å². The number of fused-ring (bicyclic) bond motifs is 3. The van der Waals surface area contributed by atoms with E-state index >= 15 is 0 Å². The second kappa shape index (κ2) is 15.4. The van der Waals surface area contributed by atoms with Gasteiger partial charge in [-0.05, 0) is 114 Å². The highest BCUT2D eigenvalue weighted by atomic mass is 16.5. The second-order valence-corrected chi connectivity index (χ2v) is 20.7. The third kappa shape index (κ3) is 7.75. The fourth-order valence-electron chi connectivity index (χ4n) is 9.64. The molecule has 0 spiro atoms. The maximum atomic E-state index is 6.91. The molecule has 0 unspecified atom stereocenters. The molecular weight excluding hydrogens is 767 g/mol. The number of hydrogen-bond donors (Lipinski definition) is 0. The molecular formula is C57H60BN4O+. The molecule has 8 aromatic rings. The predicted molar refractivity (Wildman–Crippen MR) is 265 cm³/mol. The van der Waals surface area contributed by atoms with E-state index < -0.39 is 0 Å². The largest absolute Gasteiger partial charge is 0.457 e. The van der Waals surface area contributed by atoms with Gasteiger partial charge in [0.25, 0.3) is 6.33 Å². The number of rotatable bonds is 6. The number of nitrogens with zero attached hydrogens (tertiary/aromatic N) is 4. The Balaban J connectivity index is 1.17. The smallest absolute Gasteiger partial charge is 0.255 e. The Morgan fingerprint density at radius 2 is 1.24 bits per heavy atom.